The van der Waals surface area contributed by atoms with Gasteiger partial charge in [0.2, 0.25) is 11.0 Å². The number of fused-ring (bicyclic) bond motifs is 2. The molecule has 2 heterocycles. The monoisotopic (exact) mass is 334 g/mol. The maximum Gasteiger partial charge on any atom is 0.226 e. The van der Waals surface area contributed by atoms with Crippen molar-refractivity contribution in [3.63, 3.8) is 0 Å². The van der Waals surface area contributed by atoms with E-state index in [2.05, 4.69) is 26.1 Å². The fourth-order valence-electron chi connectivity index (χ4n) is 4.63. The first-order valence-electron chi connectivity index (χ1n) is 9.11. The lowest BCUT2D eigenvalue weighted by Gasteiger charge is -2.28. The summed E-state index contributed by atoms with van der Waals surface area (Å²) >= 11 is 1.50. The summed E-state index contributed by atoms with van der Waals surface area (Å²) in [5.74, 6) is 3.22. The van der Waals surface area contributed by atoms with Crippen molar-refractivity contribution < 1.29 is 4.79 Å². The van der Waals surface area contributed by atoms with Crippen LogP contribution in [0.4, 0.5) is 5.13 Å². The van der Waals surface area contributed by atoms with E-state index in [1.807, 2.05) is 0 Å². The Morgan fingerprint density at radius 1 is 1.22 bits per heavy atom. The lowest BCUT2D eigenvalue weighted by Crippen LogP contribution is -2.40. The standard InChI is InChI=1S/C17H26N4OS/c1-2-15-18-17(23-19-15)21-7-3-6-20(8-9-21)16(22)14-11-12-4-5-13(14)10-12/h12-14H,2-11H2,1H3. The van der Waals surface area contributed by atoms with Crippen molar-refractivity contribution in [3.05, 3.63) is 5.82 Å². The molecule has 0 N–H and O–H groups in total. The number of hydrogen-bond donors (Lipinski definition) is 0. The minimum Gasteiger partial charge on any atom is -0.345 e. The van der Waals surface area contributed by atoms with Crippen LogP contribution >= 0.6 is 11.5 Å². The highest BCUT2D eigenvalue weighted by molar-refractivity contribution is 7.09. The molecule has 4 rings (SSSR count). The third-order valence-electron chi connectivity index (χ3n) is 5.91. The Morgan fingerprint density at radius 3 is 2.83 bits per heavy atom. The second kappa shape index (κ2) is 6.38. The summed E-state index contributed by atoms with van der Waals surface area (Å²) < 4.78 is 4.39. The van der Waals surface area contributed by atoms with Crippen LogP contribution in [0.25, 0.3) is 0 Å². The van der Waals surface area contributed by atoms with Crippen molar-refractivity contribution in [1.29, 1.82) is 0 Å². The molecule has 1 aromatic heterocycles. The molecule has 126 valence electrons. The van der Waals surface area contributed by atoms with Gasteiger partial charge in [-0.2, -0.15) is 4.37 Å². The second-order valence-electron chi connectivity index (χ2n) is 7.29. The van der Waals surface area contributed by atoms with Crippen molar-refractivity contribution in [2.45, 2.75) is 45.4 Å². The summed E-state index contributed by atoms with van der Waals surface area (Å²) in [5, 5.41) is 1.02. The molecule has 0 aromatic carbocycles. The summed E-state index contributed by atoms with van der Waals surface area (Å²) in [6.45, 7) is 5.71. The Morgan fingerprint density at radius 2 is 2.13 bits per heavy atom. The van der Waals surface area contributed by atoms with E-state index in [4.69, 9.17) is 0 Å². The largest absolute Gasteiger partial charge is 0.345 e. The van der Waals surface area contributed by atoms with Crippen LogP contribution in [0.5, 0.6) is 0 Å². The zero-order chi connectivity index (χ0) is 15.8. The summed E-state index contributed by atoms with van der Waals surface area (Å²) in [5.41, 5.74) is 0. The van der Waals surface area contributed by atoms with Crippen LogP contribution in [0, 0.1) is 17.8 Å². The molecule has 1 aliphatic heterocycles. The van der Waals surface area contributed by atoms with Gasteiger partial charge in [0, 0.05) is 50.1 Å². The summed E-state index contributed by atoms with van der Waals surface area (Å²) in [7, 11) is 0. The number of amides is 1. The van der Waals surface area contributed by atoms with Crippen LogP contribution in [0.2, 0.25) is 0 Å². The maximum absolute atomic E-state index is 12.9. The number of nitrogens with zero attached hydrogens (tertiary/aromatic N) is 4. The van der Waals surface area contributed by atoms with Gasteiger partial charge in [0.05, 0.1) is 0 Å². The molecule has 2 aliphatic carbocycles. The summed E-state index contributed by atoms with van der Waals surface area (Å²) in [6.07, 6.45) is 7.03. The van der Waals surface area contributed by atoms with Crippen molar-refractivity contribution in [2.75, 3.05) is 31.1 Å². The van der Waals surface area contributed by atoms with Gasteiger partial charge < -0.3 is 9.80 Å². The van der Waals surface area contributed by atoms with E-state index in [9.17, 15) is 4.79 Å². The lowest BCUT2D eigenvalue weighted by atomic mass is 9.87. The Labute approximate surface area is 142 Å². The molecule has 2 saturated carbocycles. The molecule has 2 bridgehead atoms. The van der Waals surface area contributed by atoms with Crippen molar-refractivity contribution in [2.24, 2.45) is 17.8 Å². The van der Waals surface area contributed by atoms with Crippen LogP contribution in [0.1, 0.15) is 44.9 Å². The zero-order valence-electron chi connectivity index (χ0n) is 13.9. The maximum atomic E-state index is 12.9. The molecule has 3 fully saturated rings. The molecule has 6 heteroatoms. The van der Waals surface area contributed by atoms with Gasteiger partial charge in [-0.05, 0) is 37.5 Å². The Bertz CT molecular complexity index is 575. The van der Waals surface area contributed by atoms with Gasteiger partial charge in [-0.3, -0.25) is 4.79 Å². The Kier molecular flexibility index (Phi) is 4.26. The quantitative estimate of drug-likeness (QED) is 0.852. The first-order valence-corrected chi connectivity index (χ1v) is 9.88. The zero-order valence-corrected chi connectivity index (χ0v) is 14.7. The topological polar surface area (TPSA) is 49.3 Å². The van der Waals surface area contributed by atoms with E-state index < -0.39 is 0 Å². The number of hydrogen-bond acceptors (Lipinski definition) is 5. The van der Waals surface area contributed by atoms with Crippen molar-refractivity contribution in [1.82, 2.24) is 14.3 Å². The van der Waals surface area contributed by atoms with Crippen LogP contribution in [0.15, 0.2) is 0 Å². The van der Waals surface area contributed by atoms with E-state index in [-0.39, 0.29) is 0 Å². The number of anilines is 1. The average molecular weight is 334 g/mol. The molecule has 1 amide bonds. The first-order chi connectivity index (χ1) is 11.2. The Balaban J connectivity index is 1.38. The number of carbonyl (C=O) groups is 1. The van der Waals surface area contributed by atoms with Crippen molar-refractivity contribution >= 4 is 22.6 Å². The number of rotatable bonds is 3. The van der Waals surface area contributed by atoms with Gasteiger partial charge in [-0.1, -0.05) is 13.3 Å². The summed E-state index contributed by atoms with van der Waals surface area (Å²) in [4.78, 5) is 22.0. The SMILES string of the molecule is CCc1nsc(N2CCCN(C(=O)C3CC4CCC3C4)CC2)n1. The highest BCUT2D eigenvalue weighted by Gasteiger charge is 2.44. The molecule has 3 unspecified atom stereocenters. The molecule has 5 nitrogen and oxygen atoms in total. The number of carbonyl (C=O) groups excluding carboxylic acids is 1. The molecule has 1 aromatic rings. The number of aryl methyl sites for hydroxylation is 1. The van der Waals surface area contributed by atoms with E-state index in [0.717, 1.165) is 62.3 Å². The molecule has 0 radical (unpaired) electrons. The predicted molar refractivity (Wildman–Crippen MR) is 91.6 cm³/mol. The van der Waals surface area contributed by atoms with E-state index in [1.165, 1.54) is 30.8 Å². The fraction of sp³-hybridized carbons (Fsp3) is 0.824. The summed E-state index contributed by atoms with van der Waals surface area (Å²) in [6, 6.07) is 0. The molecule has 23 heavy (non-hydrogen) atoms. The molecular formula is C17H26N4OS. The van der Waals surface area contributed by atoms with E-state index in [1.54, 1.807) is 0 Å². The second-order valence-corrected chi connectivity index (χ2v) is 8.02. The third kappa shape index (κ3) is 2.97. The molecule has 3 atom stereocenters. The first kappa shape index (κ1) is 15.4. The van der Waals surface area contributed by atoms with Gasteiger partial charge in [0.15, 0.2) is 0 Å². The molecular weight excluding hydrogens is 308 g/mol. The van der Waals surface area contributed by atoms with Crippen LogP contribution < -0.4 is 4.90 Å². The lowest BCUT2D eigenvalue weighted by molar-refractivity contribution is -0.137. The van der Waals surface area contributed by atoms with Gasteiger partial charge in [0.1, 0.15) is 5.82 Å². The van der Waals surface area contributed by atoms with Gasteiger partial charge in [-0.15, -0.1) is 0 Å². The molecule has 3 aliphatic rings. The van der Waals surface area contributed by atoms with Crippen LogP contribution in [-0.2, 0) is 11.2 Å². The highest BCUT2D eigenvalue weighted by atomic mass is 32.1. The van der Waals surface area contributed by atoms with Gasteiger partial charge in [0.25, 0.3) is 0 Å². The van der Waals surface area contributed by atoms with Gasteiger partial charge in [-0.25, -0.2) is 4.98 Å². The normalized spacial score (nSPS) is 30.7. The van der Waals surface area contributed by atoms with Gasteiger partial charge >= 0.3 is 0 Å². The van der Waals surface area contributed by atoms with E-state index >= 15 is 0 Å². The Hall–Kier alpha value is -1.17. The highest BCUT2D eigenvalue weighted by Crippen LogP contribution is 2.48. The third-order valence-corrected chi connectivity index (χ3v) is 6.72. The molecule has 1 saturated heterocycles. The smallest absolute Gasteiger partial charge is 0.226 e. The predicted octanol–water partition coefficient (Wildman–Crippen LogP) is 2.58. The van der Waals surface area contributed by atoms with E-state index in [0.29, 0.717) is 17.7 Å². The molecule has 0 spiro atoms. The van der Waals surface area contributed by atoms with Crippen molar-refractivity contribution in [3.8, 4) is 0 Å². The van der Waals surface area contributed by atoms with Crippen LogP contribution in [0.3, 0.4) is 0 Å². The minimum absolute atomic E-state index is 0.327. The minimum atomic E-state index is 0.327. The van der Waals surface area contributed by atoms with Crippen LogP contribution in [-0.4, -0.2) is 46.3 Å². The fourth-order valence-corrected chi connectivity index (χ4v) is 5.43. The number of aromatic nitrogens is 2. The average Bonchev–Trinajstić information content (AvgIpc) is 3.27.